The predicted molar refractivity (Wildman–Crippen MR) is 164 cm³/mol. The topological polar surface area (TPSA) is 112 Å². The number of aromatic nitrogens is 5. The lowest BCUT2D eigenvalue weighted by molar-refractivity contribution is 0.0997. The van der Waals surface area contributed by atoms with E-state index in [1.165, 1.54) is 0 Å². The first-order valence-corrected chi connectivity index (χ1v) is 13.8. The Hall–Kier alpha value is -5.28. The normalized spacial score (nSPS) is 12.8. The molecule has 9 nitrogen and oxygen atoms in total. The quantitative estimate of drug-likeness (QED) is 0.231. The number of hydrogen-bond donors (Lipinski definition) is 3. The highest BCUT2D eigenvalue weighted by Gasteiger charge is 2.32. The molecule has 208 valence electrons. The van der Waals surface area contributed by atoms with Crippen molar-refractivity contribution in [3.63, 3.8) is 0 Å². The summed E-state index contributed by atoms with van der Waals surface area (Å²) in [5.74, 6) is 1.11. The molecule has 1 aliphatic rings. The molecule has 1 aliphatic heterocycles. The van der Waals surface area contributed by atoms with Gasteiger partial charge in [-0.25, -0.2) is 9.97 Å². The molecule has 0 saturated heterocycles. The number of aromatic amines is 1. The Bertz CT molecular complexity index is 1970. The van der Waals surface area contributed by atoms with Crippen LogP contribution in [0.5, 0.6) is 0 Å². The van der Waals surface area contributed by atoms with E-state index < -0.39 is 0 Å². The third-order valence-electron chi connectivity index (χ3n) is 7.98. The number of nitrogens with one attached hydrogen (secondary N) is 2. The maximum absolute atomic E-state index is 13.7. The van der Waals surface area contributed by atoms with Gasteiger partial charge in [-0.1, -0.05) is 48.5 Å². The van der Waals surface area contributed by atoms with Crippen LogP contribution in [-0.4, -0.2) is 35.7 Å². The van der Waals surface area contributed by atoms with Crippen LogP contribution in [0.15, 0.2) is 79.1 Å². The Kier molecular flexibility index (Phi) is 6.09. The van der Waals surface area contributed by atoms with E-state index in [0.717, 1.165) is 61.4 Å². The second-order valence-corrected chi connectivity index (χ2v) is 10.6. The number of nitrogens with zero attached hydrogens (tertiary/aromatic N) is 5. The molecule has 0 aliphatic carbocycles. The Morgan fingerprint density at radius 1 is 1.00 bits per heavy atom. The van der Waals surface area contributed by atoms with Crippen molar-refractivity contribution in [2.75, 3.05) is 10.2 Å². The minimum Gasteiger partial charge on any atom is -0.392 e. The van der Waals surface area contributed by atoms with Crippen molar-refractivity contribution in [3.05, 3.63) is 107 Å². The van der Waals surface area contributed by atoms with Gasteiger partial charge in [0.05, 0.1) is 30.0 Å². The molecule has 0 atom stereocenters. The van der Waals surface area contributed by atoms with Crippen LogP contribution in [0.25, 0.3) is 33.3 Å². The highest BCUT2D eigenvalue weighted by atomic mass is 16.3. The van der Waals surface area contributed by atoms with Crippen molar-refractivity contribution in [2.24, 2.45) is 7.05 Å². The molecule has 7 rings (SSSR count). The molecule has 1 amide bonds. The maximum atomic E-state index is 13.7. The molecule has 0 bridgehead atoms. The number of anilines is 3. The number of rotatable bonds is 6. The Labute approximate surface area is 242 Å². The van der Waals surface area contributed by atoms with E-state index in [1.807, 2.05) is 98.7 Å². The molecule has 4 heterocycles. The maximum Gasteiger partial charge on any atom is 0.259 e. The second kappa shape index (κ2) is 9.97. The summed E-state index contributed by atoms with van der Waals surface area (Å²) < 4.78 is 1.80. The number of H-pyrrole nitrogens is 1. The summed E-state index contributed by atoms with van der Waals surface area (Å²) in [6, 6.07) is 21.6. The molecule has 9 heteroatoms. The van der Waals surface area contributed by atoms with Gasteiger partial charge in [0.15, 0.2) is 5.82 Å². The van der Waals surface area contributed by atoms with Gasteiger partial charge >= 0.3 is 0 Å². The lowest BCUT2D eigenvalue weighted by Gasteiger charge is -2.17. The van der Waals surface area contributed by atoms with Gasteiger partial charge in [-0.15, -0.1) is 0 Å². The van der Waals surface area contributed by atoms with Crippen LogP contribution in [0.2, 0.25) is 0 Å². The number of aliphatic hydroxyl groups excluding tert-OH is 1. The molecular weight excluding hydrogens is 526 g/mol. The fourth-order valence-electron chi connectivity index (χ4n) is 5.66. The van der Waals surface area contributed by atoms with Gasteiger partial charge in [0, 0.05) is 47.7 Å². The molecule has 3 aromatic heterocycles. The first kappa shape index (κ1) is 25.7. The van der Waals surface area contributed by atoms with E-state index in [4.69, 9.17) is 4.98 Å². The smallest absolute Gasteiger partial charge is 0.259 e. The van der Waals surface area contributed by atoms with Crippen molar-refractivity contribution in [2.45, 2.75) is 27.0 Å². The van der Waals surface area contributed by atoms with Gasteiger partial charge < -0.3 is 20.3 Å². The average molecular weight is 556 g/mol. The van der Waals surface area contributed by atoms with Crippen LogP contribution in [0.3, 0.4) is 0 Å². The lowest BCUT2D eigenvalue weighted by Crippen LogP contribution is -2.23. The molecule has 6 aromatic rings. The van der Waals surface area contributed by atoms with Crippen molar-refractivity contribution in [1.82, 2.24) is 24.7 Å². The van der Waals surface area contributed by atoms with E-state index in [1.54, 1.807) is 10.9 Å². The Morgan fingerprint density at radius 2 is 1.79 bits per heavy atom. The molecule has 0 saturated carbocycles. The summed E-state index contributed by atoms with van der Waals surface area (Å²) >= 11 is 0. The fraction of sp³-hybridized carbons (Fsp3) is 0.152. The molecule has 0 unspecified atom stereocenters. The first-order valence-electron chi connectivity index (χ1n) is 13.8. The zero-order chi connectivity index (χ0) is 29.0. The van der Waals surface area contributed by atoms with E-state index in [-0.39, 0.29) is 12.5 Å². The van der Waals surface area contributed by atoms with Crippen LogP contribution >= 0.6 is 0 Å². The van der Waals surface area contributed by atoms with Crippen molar-refractivity contribution >= 4 is 34.3 Å². The Morgan fingerprint density at radius 3 is 2.55 bits per heavy atom. The zero-order valence-corrected chi connectivity index (χ0v) is 23.5. The summed E-state index contributed by atoms with van der Waals surface area (Å²) in [5, 5.41) is 18.1. The number of hydrogen-bond acceptors (Lipinski definition) is 6. The Balaban J connectivity index is 1.25. The third kappa shape index (κ3) is 4.22. The number of fused-ring (bicyclic) bond motifs is 2. The highest BCUT2D eigenvalue weighted by Crippen LogP contribution is 2.40. The van der Waals surface area contributed by atoms with Crippen LogP contribution in [0.4, 0.5) is 17.5 Å². The molecule has 42 heavy (non-hydrogen) atoms. The van der Waals surface area contributed by atoms with Gasteiger partial charge in [-0.2, -0.15) is 5.10 Å². The standard InChI is InChI=1S/C33H29N7O2/c1-19-15-35-33(36-29-14-20(2)39(3)38-29)37-30(19)26-16-34-31-24(26)7-5-9-28(31)40-17-27-23(6-4-8-25(27)32(40)42)22-12-10-21(18-41)11-13-22/h4-16,34,41H,17-18H2,1-3H3,(H,35,36,37,38). The SMILES string of the molecule is Cc1cnc(Nc2cc(C)n(C)n2)nc1-c1c[nH]c2c(N3Cc4c(cccc4-c4ccc(CO)cc4)C3=O)cccc12. The molecule has 3 aromatic carbocycles. The van der Waals surface area contributed by atoms with E-state index in [9.17, 15) is 9.90 Å². The molecule has 0 spiro atoms. The number of aliphatic hydroxyl groups is 1. The lowest BCUT2D eigenvalue weighted by atomic mass is 9.96. The minimum atomic E-state index is -0.0298. The first-order chi connectivity index (χ1) is 20.4. The van der Waals surface area contributed by atoms with Crippen molar-refractivity contribution in [1.29, 1.82) is 0 Å². The van der Waals surface area contributed by atoms with Gasteiger partial charge in [-0.05, 0) is 53.8 Å². The largest absolute Gasteiger partial charge is 0.392 e. The summed E-state index contributed by atoms with van der Waals surface area (Å²) in [4.78, 5) is 28.3. The number of benzene rings is 3. The van der Waals surface area contributed by atoms with Crippen LogP contribution in [0.1, 0.15) is 32.7 Å². The van der Waals surface area contributed by atoms with Gasteiger partial charge in [0.1, 0.15) is 0 Å². The number of carbonyl (C=O) groups excluding carboxylic acids is 1. The van der Waals surface area contributed by atoms with E-state index >= 15 is 0 Å². The number of para-hydroxylation sites is 1. The average Bonchev–Trinajstić information content (AvgIpc) is 3.68. The summed E-state index contributed by atoms with van der Waals surface area (Å²) in [5.41, 5.74) is 9.97. The van der Waals surface area contributed by atoms with E-state index in [0.29, 0.717) is 23.9 Å². The van der Waals surface area contributed by atoms with Gasteiger partial charge in [0.25, 0.3) is 5.91 Å². The predicted octanol–water partition coefficient (Wildman–Crippen LogP) is 6.04. The molecule has 0 radical (unpaired) electrons. The molecule has 0 fully saturated rings. The van der Waals surface area contributed by atoms with E-state index in [2.05, 4.69) is 20.4 Å². The highest BCUT2D eigenvalue weighted by molar-refractivity contribution is 6.15. The number of aryl methyl sites for hydroxylation is 3. The summed E-state index contributed by atoms with van der Waals surface area (Å²) in [6.45, 7) is 4.44. The number of amides is 1. The fourth-order valence-corrected chi connectivity index (χ4v) is 5.66. The molecule has 3 N–H and O–H groups in total. The monoisotopic (exact) mass is 555 g/mol. The third-order valence-corrected chi connectivity index (χ3v) is 7.98. The van der Waals surface area contributed by atoms with Gasteiger partial charge in [0.2, 0.25) is 5.95 Å². The zero-order valence-electron chi connectivity index (χ0n) is 23.5. The number of carbonyl (C=O) groups is 1. The summed E-state index contributed by atoms with van der Waals surface area (Å²) in [7, 11) is 1.89. The molecular formula is C33H29N7O2. The summed E-state index contributed by atoms with van der Waals surface area (Å²) in [6.07, 6.45) is 3.75. The van der Waals surface area contributed by atoms with Crippen molar-refractivity contribution in [3.8, 4) is 22.4 Å². The second-order valence-electron chi connectivity index (χ2n) is 10.6. The van der Waals surface area contributed by atoms with Crippen molar-refractivity contribution < 1.29 is 9.90 Å². The van der Waals surface area contributed by atoms with Crippen LogP contribution < -0.4 is 10.2 Å². The van der Waals surface area contributed by atoms with Crippen LogP contribution in [0, 0.1) is 13.8 Å². The minimum absolute atomic E-state index is 0.00211. The van der Waals surface area contributed by atoms with Gasteiger partial charge in [-0.3, -0.25) is 9.48 Å². The van der Waals surface area contributed by atoms with Crippen LogP contribution in [-0.2, 0) is 20.2 Å².